The summed E-state index contributed by atoms with van der Waals surface area (Å²) in [5.74, 6) is 0. The molecule has 0 saturated carbocycles. The van der Waals surface area contributed by atoms with Gasteiger partial charge >= 0.3 is 0 Å². The van der Waals surface area contributed by atoms with Gasteiger partial charge in [-0.2, -0.15) is 0 Å². The minimum absolute atomic E-state index is 0.982. The molecule has 0 spiro atoms. The normalized spacial score (nSPS) is 11.0. The van der Waals surface area contributed by atoms with Gasteiger partial charge in [-0.1, -0.05) is 12.7 Å². The molecule has 0 aliphatic rings. The molecule has 0 bridgehead atoms. The van der Waals surface area contributed by atoms with Crippen LogP contribution in [0.1, 0.15) is 13.8 Å². The molecule has 0 aliphatic heterocycles. The van der Waals surface area contributed by atoms with Crippen LogP contribution in [-0.2, 0) is 0 Å². The van der Waals surface area contributed by atoms with Gasteiger partial charge in [0.2, 0.25) is 0 Å². The topological polar surface area (TPSA) is 12.0 Å². The maximum Gasteiger partial charge on any atom is 0.0115 e. The Labute approximate surface area is 51.1 Å². The fourth-order valence-corrected chi connectivity index (χ4v) is 0.515. The Balaban J connectivity index is 3.44. The lowest BCUT2D eigenvalue weighted by Gasteiger charge is -1.98. The van der Waals surface area contributed by atoms with Crippen molar-refractivity contribution in [3.05, 3.63) is 24.4 Å². The molecule has 0 aromatic heterocycles. The molecule has 0 radical (unpaired) electrons. The largest absolute Gasteiger partial charge is 0.389 e. The highest BCUT2D eigenvalue weighted by molar-refractivity contribution is 5.05. The Morgan fingerprint density at radius 2 is 2.38 bits per heavy atom. The first-order chi connectivity index (χ1) is 3.81. The summed E-state index contributed by atoms with van der Waals surface area (Å²) in [6.07, 6.45) is 3.72. The van der Waals surface area contributed by atoms with Crippen LogP contribution in [0.3, 0.4) is 0 Å². The van der Waals surface area contributed by atoms with E-state index in [9.17, 15) is 0 Å². The smallest absolute Gasteiger partial charge is 0.0115 e. The summed E-state index contributed by atoms with van der Waals surface area (Å²) < 4.78 is 0. The molecule has 0 atom stereocenters. The van der Waals surface area contributed by atoms with Crippen LogP contribution in [-0.4, -0.2) is 6.54 Å². The summed E-state index contributed by atoms with van der Waals surface area (Å²) in [5, 5.41) is 3.14. The van der Waals surface area contributed by atoms with E-state index < -0.39 is 0 Å². The average Bonchev–Trinajstić information content (AvgIpc) is 1.68. The van der Waals surface area contributed by atoms with Crippen molar-refractivity contribution in [1.29, 1.82) is 0 Å². The summed E-state index contributed by atoms with van der Waals surface area (Å²) in [6.45, 7) is 8.64. The SMILES string of the molecule is C=C/C=C(/C)NCC. The van der Waals surface area contributed by atoms with Crippen molar-refractivity contribution in [3.8, 4) is 0 Å². The van der Waals surface area contributed by atoms with Crippen molar-refractivity contribution in [2.75, 3.05) is 6.54 Å². The first-order valence-electron chi connectivity index (χ1n) is 2.84. The molecule has 0 heterocycles. The number of hydrogen-bond donors (Lipinski definition) is 1. The van der Waals surface area contributed by atoms with Crippen LogP contribution in [0.25, 0.3) is 0 Å². The Bertz CT molecular complexity index is 92.6. The van der Waals surface area contributed by atoms with Crippen LogP contribution < -0.4 is 5.32 Å². The highest BCUT2D eigenvalue weighted by Crippen LogP contribution is 1.83. The van der Waals surface area contributed by atoms with Gasteiger partial charge in [-0.05, 0) is 19.9 Å². The first-order valence-corrected chi connectivity index (χ1v) is 2.84. The third-order valence-corrected chi connectivity index (χ3v) is 0.823. The third-order valence-electron chi connectivity index (χ3n) is 0.823. The van der Waals surface area contributed by atoms with Crippen LogP contribution in [0.5, 0.6) is 0 Å². The predicted molar refractivity (Wildman–Crippen MR) is 37.6 cm³/mol. The minimum Gasteiger partial charge on any atom is -0.389 e. The van der Waals surface area contributed by atoms with Crippen LogP contribution >= 0.6 is 0 Å². The van der Waals surface area contributed by atoms with E-state index in [0.29, 0.717) is 0 Å². The summed E-state index contributed by atoms with van der Waals surface area (Å²) in [5.41, 5.74) is 1.17. The second kappa shape index (κ2) is 4.44. The number of nitrogens with one attached hydrogen (secondary N) is 1. The van der Waals surface area contributed by atoms with Gasteiger partial charge in [0.15, 0.2) is 0 Å². The molecule has 0 amide bonds. The van der Waals surface area contributed by atoms with Gasteiger partial charge in [0.05, 0.1) is 0 Å². The fourth-order valence-electron chi connectivity index (χ4n) is 0.515. The van der Waals surface area contributed by atoms with E-state index in [0.717, 1.165) is 6.54 Å². The molecule has 46 valence electrons. The lowest BCUT2D eigenvalue weighted by Crippen LogP contribution is -2.08. The Kier molecular flexibility index (Phi) is 4.04. The second-order valence-corrected chi connectivity index (χ2v) is 1.62. The van der Waals surface area contributed by atoms with Crippen LogP contribution in [0.4, 0.5) is 0 Å². The second-order valence-electron chi connectivity index (χ2n) is 1.62. The standard InChI is InChI=1S/C7H13N/c1-4-6-7(3)8-5-2/h4,6,8H,1,5H2,2-3H3/b7-6-. The summed E-state index contributed by atoms with van der Waals surface area (Å²) in [7, 11) is 0. The number of allylic oxidation sites excluding steroid dienone is 3. The zero-order valence-corrected chi connectivity index (χ0v) is 5.57. The van der Waals surface area contributed by atoms with Gasteiger partial charge < -0.3 is 5.32 Å². The van der Waals surface area contributed by atoms with Crippen molar-refractivity contribution < 1.29 is 0 Å². The van der Waals surface area contributed by atoms with E-state index >= 15 is 0 Å². The molecule has 0 rings (SSSR count). The molecule has 0 fully saturated rings. The van der Waals surface area contributed by atoms with Gasteiger partial charge in [0.25, 0.3) is 0 Å². The number of hydrogen-bond acceptors (Lipinski definition) is 1. The van der Waals surface area contributed by atoms with Crippen molar-refractivity contribution in [3.63, 3.8) is 0 Å². The molecule has 1 N–H and O–H groups in total. The van der Waals surface area contributed by atoms with E-state index in [-0.39, 0.29) is 0 Å². The Morgan fingerprint density at radius 3 is 2.75 bits per heavy atom. The van der Waals surface area contributed by atoms with Crippen LogP contribution in [0.15, 0.2) is 24.4 Å². The van der Waals surface area contributed by atoms with Gasteiger partial charge in [-0.3, -0.25) is 0 Å². The summed E-state index contributed by atoms with van der Waals surface area (Å²) in [4.78, 5) is 0. The average molecular weight is 111 g/mol. The zero-order chi connectivity index (χ0) is 6.41. The summed E-state index contributed by atoms with van der Waals surface area (Å²) in [6, 6.07) is 0. The molecule has 0 aromatic rings. The molecular weight excluding hydrogens is 98.1 g/mol. The maximum atomic E-state index is 3.57. The quantitative estimate of drug-likeness (QED) is 0.546. The molecule has 0 saturated heterocycles. The van der Waals surface area contributed by atoms with Gasteiger partial charge in [0, 0.05) is 12.2 Å². The summed E-state index contributed by atoms with van der Waals surface area (Å²) >= 11 is 0. The zero-order valence-electron chi connectivity index (χ0n) is 5.57. The highest BCUT2D eigenvalue weighted by Gasteiger charge is 1.76. The highest BCUT2D eigenvalue weighted by atomic mass is 14.8. The first kappa shape index (κ1) is 7.28. The minimum atomic E-state index is 0.982. The Hall–Kier alpha value is -0.720. The van der Waals surface area contributed by atoms with Gasteiger partial charge in [0.1, 0.15) is 0 Å². The van der Waals surface area contributed by atoms with E-state index in [2.05, 4.69) is 18.8 Å². The van der Waals surface area contributed by atoms with Crippen molar-refractivity contribution in [2.45, 2.75) is 13.8 Å². The van der Waals surface area contributed by atoms with Crippen LogP contribution in [0, 0.1) is 0 Å². The van der Waals surface area contributed by atoms with E-state index in [1.165, 1.54) is 5.70 Å². The predicted octanol–water partition coefficient (Wildman–Crippen LogP) is 1.69. The monoisotopic (exact) mass is 111 g/mol. The van der Waals surface area contributed by atoms with Gasteiger partial charge in [-0.25, -0.2) is 0 Å². The molecule has 8 heavy (non-hydrogen) atoms. The molecule has 0 unspecified atom stereocenters. The molecular formula is C7H13N. The Morgan fingerprint density at radius 1 is 1.75 bits per heavy atom. The lowest BCUT2D eigenvalue weighted by molar-refractivity contribution is 0.855. The van der Waals surface area contributed by atoms with E-state index in [1.54, 1.807) is 6.08 Å². The molecule has 1 nitrogen and oxygen atoms in total. The van der Waals surface area contributed by atoms with E-state index in [4.69, 9.17) is 0 Å². The van der Waals surface area contributed by atoms with Crippen molar-refractivity contribution in [1.82, 2.24) is 5.32 Å². The third kappa shape index (κ3) is 3.47. The fraction of sp³-hybridized carbons (Fsp3) is 0.429. The molecule has 0 aromatic carbocycles. The molecule has 1 heteroatoms. The van der Waals surface area contributed by atoms with Gasteiger partial charge in [-0.15, -0.1) is 0 Å². The van der Waals surface area contributed by atoms with E-state index in [1.807, 2.05) is 13.0 Å². The lowest BCUT2D eigenvalue weighted by atomic mass is 10.4. The van der Waals surface area contributed by atoms with Crippen LogP contribution in [0.2, 0.25) is 0 Å². The van der Waals surface area contributed by atoms with Crippen molar-refractivity contribution in [2.24, 2.45) is 0 Å². The number of rotatable bonds is 3. The molecule has 0 aliphatic carbocycles. The maximum absolute atomic E-state index is 3.57. The van der Waals surface area contributed by atoms with Crippen molar-refractivity contribution >= 4 is 0 Å².